The SMILES string of the molecule is CC1c2ccccc2-c2cccc3c2CC1c1ccc(-c2ccc4c(c2)-c2ccccc2CC4Cc2cccc(-c4ccccc4)c2)cc1-3. The molecule has 3 atom stereocenters. The number of benzene rings is 7. The third kappa shape index (κ3) is 4.66. The summed E-state index contributed by atoms with van der Waals surface area (Å²) in [5.74, 6) is 1.38. The van der Waals surface area contributed by atoms with Gasteiger partial charge in [-0.2, -0.15) is 0 Å². The van der Waals surface area contributed by atoms with Gasteiger partial charge in [-0.3, -0.25) is 0 Å². The molecule has 49 heavy (non-hydrogen) atoms. The van der Waals surface area contributed by atoms with Crippen LogP contribution in [0.4, 0.5) is 0 Å². The smallest absolute Gasteiger partial charge is 0.00485 e. The first-order valence-electron chi connectivity index (χ1n) is 17.9. The summed E-state index contributed by atoms with van der Waals surface area (Å²) in [6, 6.07) is 59.7. The number of hydrogen-bond acceptors (Lipinski definition) is 0. The summed E-state index contributed by atoms with van der Waals surface area (Å²) in [7, 11) is 0. The molecule has 0 spiro atoms. The van der Waals surface area contributed by atoms with Gasteiger partial charge >= 0.3 is 0 Å². The lowest BCUT2D eigenvalue weighted by Gasteiger charge is -2.31. The first kappa shape index (κ1) is 28.5. The topological polar surface area (TPSA) is 0 Å². The molecule has 0 saturated heterocycles. The third-order valence-corrected chi connectivity index (χ3v) is 11.8. The van der Waals surface area contributed by atoms with Gasteiger partial charge in [-0.25, -0.2) is 0 Å². The second-order valence-electron chi connectivity index (χ2n) is 14.5. The summed E-state index contributed by atoms with van der Waals surface area (Å²) in [5, 5.41) is 0. The molecule has 234 valence electrons. The zero-order valence-corrected chi connectivity index (χ0v) is 27.9. The van der Waals surface area contributed by atoms with E-state index in [1.165, 1.54) is 89.0 Å². The van der Waals surface area contributed by atoms with Crippen molar-refractivity contribution in [2.24, 2.45) is 0 Å². The Labute approximate surface area is 289 Å². The molecule has 2 bridgehead atoms. The van der Waals surface area contributed by atoms with E-state index >= 15 is 0 Å². The lowest BCUT2D eigenvalue weighted by Crippen LogP contribution is -2.15. The summed E-state index contributed by atoms with van der Waals surface area (Å²) in [6.07, 6.45) is 3.21. The Morgan fingerprint density at radius 3 is 1.88 bits per heavy atom. The van der Waals surface area contributed by atoms with E-state index in [-0.39, 0.29) is 0 Å². The maximum atomic E-state index is 2.50. The van der Waals surface area contributed by atoms with Crippen LogP contribution in [-0.4, -0.2) is 0 Å². The molecule has 7 aromatic rings. The van der Waals surface area contributed by atoms with Gasteiger partial charge < -0.3 is 0 Å². The molecule has 7 aromatic carbocycles. The van der Waals surface area contributed by atoms with Crippen LogP contribution in [0.2, 0.25) is 0 Å². The van der Waals surface area contributed by atoms with E-state index in [0.717, 1.165) is 19.3 Å². The van der Waals surface area contributed by atoms with Gasteiger partial charge in [0, 0.05) is 0 Å². The normalized spacial score (nSPS) is 18.0. The summed E-state index contributed by atoms with van der Waals surface area (Å²) in [5.41, 5.74) is 22.4. The largest absolute Gasteiger partial charge is 0.0622 e. The molecule has 0 radical (unpaired) electrons. The highest BCUT2D eigenvalue weighted by atomic mass is 14.4. The van der Waals surface area contributed by atoms with Crippen LogP contribution in [0, 0.1) is 0 Å². The summed E-state index contributed by atoms with van der Waals surface area (Å²) in [4.78, 5) is 0. The number of hydrogen-bond donors (Lipinski definition) is 0. The molecule has 0 heterocycles. The highest BCUT2D eigenvalue weighted by Crippen LogP contribution is 2.53. The maximum Gasteiger partial charge on any atom is -0.00485 e. The molecular weight excluding hydrogens is 589 g/mol. The molecule has 0 aliphatic heterocycles. The molecule has 10 rings (SSSR count). The Hall–Kier alpha value is -5.46. The quantitative estimate of drug-likeness (QED) is 0.182. The van der Waals surface area contributed by atoms with Crippen molar-refractivity contribution in [1.82, 2.24) is 0 Å². The summed E-state index contributed by atoms with van der Waals surface area (Å²) < 4.78 is 0. The molecule has 3 aliphatic rings. The Bertz CT molecular complexity index is 2390. The predicted octanol–water partition coefficient (Wildman–Crippen LogP) is 12.7. The van der Waals surface area contributed by atoms with Gasteiger partial charge in [-0.15, -0.1) is 0 Å². The van der Waals surface area contributed by atoms with Crippen molar-refractivity contribution in [2.75, 3.05) is 0 Å². The van der Waals surface area contributed by atoms with E-state index in [4.69, 9.17) is 0 Å². The van der Waals surface area contributed by atoms with Crippen molar-refractivity contribution in [3.63, 3.8) is 0 Å². The zero-order chi connectivity index (χ0) is 32.5. The van der Waals surface area contributed by atoms with Gasteiger partial charge in [0.1, 0.15) is 0 Å². The number of rotatable bonds is 4. The minimum absolute atomic E-state index is 0.435. The van der Waals surface area contributed by atoms with Crippen LogP contribution in [-0.2, 0) is 19.3 Å². The molecule has 0 nitrogen and oxygen atoms in total. The van der Waals surface area contributed by atoms with Gasteiger partial charge in [0.25, 0.3) is 0 Å². The van der Waals surface area contributed by atoms with Crippen molar-refractivity contribution in [3.05, 3.63) is 191 Å². The van der Waals surface area contributed by atoms with Crippen LogP contribution < -0.4 is 0 Å². The van der Waals surface area contributed by atoms with E-state index in [1.54, 1.807) is 0 Å². The van der Waals surface area contributed by atoms with Crippen LogP contribution in [0.15, 0.2) is 158 Å². The first-order chi connectivity index (χ1) is 24.2. The highest BCUT2D eigenvalue weighted by molar-refractivity contribution is 5.88. The van der Waals surface area contributed by atoms with Crippen molar-refractivity contribution in [1.29, 1.82) is 0 Å². The fourth-order valence-electron chi connectivity index (χ4n) is 9.37. The van der Waals surface area contributed by atoms with Gasteiger partial charge in [-0.05, 0) is 138 Å². The van der Waals surface area contributed by atoms with Gasteiger partial charge in [-0.1, -0.05) is 153 Å². The van der Waals surface area contributed by atoms with Crippen LogP contribution in [0.25, 0.3) is 55.6 Å². The summed E-state index contributed by atoms with van der Waals surface area (Å²) >= 11 is 0. The molecular formula is C49H38. The van der Waals surface area contributed by atoms with Crippen LogP contribution in [0.3, 0.4) is 0 Å². The van der Waals surface area contributed by atoms with Gasteiger partial charge in [0.15, 0.2) is 0 Å². The molecule has 0 saturated carbocycles. The first-order valence-corrected chi connectivity index (χ1v) is 17.9. The predicted molar refractivity (Wildman–Crippen MR) is 205 cm³/mol. The third-order valence-electron chi connectivity index (χ3n) is 11.8. The second kappa shape index (κ2) is 11.3. The Kier molecular flexibility index (Phi) is 6.59. The van der Waals surface area contributed by atoms with E-state index in [1.807, 2.05) is 0 Å². The van der Waals surface area contributed by atoms with Crippen molar-refractivity contribution in [3.8, 4) is 55.6 Å². The molecule has 0 aromatic heterocycles. The molecule has 0 heteroatoms. The lowest BCUT2D eigenvalue weighted by molar-refractivity contribution is 0.575. The van der Waals surface area contributed by atoms with E-state index < -0.39 is 0 Å². The fraction of sp³-hybridized carbons (Fsp3) is 0.143. The molecule has 3 unspecified atom stereocenters. The fourth-order valence-corrected chi connectivity index (χ4v) is 9.37. The van der Waals surface area contributed by atoms with Crippen LogP contribution in [0.1, 0.15) is 58.1 Å². The highest BCUT2D eigenvalue weighted by Gasteiger charge is 2.35. The maximum absolute atomic E-state index is 2.50. The molecule has 0 fully saturated rings. The monoisotopic (exact) mass is 626 g/mol. The molecule has 0 N–H and O–H groups in total. The zero-order valence-electron chi connectivity index (χ0n) is 27.9. The van der Waals surface area contributed by atoms with Crippen LogP contribution in [0.5, 0.6) is 0 Å². The Balaban J connectivity index is 1.05. The van der Waals surface area contributed by atoms with Gasteiger partial charge in [0.2, 0.25) is 0 Å². The average Bonchev–Trinajstić information content (AvgIpc) is 3.28. The summed E-state index contributed by atoms with van der Waals surface area (Å²) in [6.45, 7) is 2.44. The lowest BCUT2D eigenvalue weighted by atomic mass is 9.72. The minimum Gasteiger partial charge on any atom is -0.0622 e. The Morgan fingerprint density at radius 2 is 1.04 bits per heavy atom. The average molecular weight is 627 g/mol. The van der Waals surface area contributed by atoms with Crippen LogP contribution >= 0.6 is 0 Å². The second-order valence-corrected chi connectivity index (χ2v) is 14.5. The van der Waals surface area contributed by atoms with E-state index in [9.17, 15) is 0 Å². The number of fused-ring (bicyclic) bond motifs is 9. The van der Waals surface area contributed by atoms with E-state index in [2.05, 4.69) is 165 Å². The standard InChI is InChI=1S/C49H38/c1-31-39-16-7-8-18-42(39)43-19-10-20-44-48-29-36(22-24-45(48)46(31)30-49(43)44)35-21-23-41-38(27-37-14-5-6-17-40(37)47(41)28-35)26-32-11-9-15-34(25-32)33-12-3-2-4-13-33/h2-25,28-29,31,38,46H,26-27,30H2,1H3. The minimum atomic E-state index is 0.435. The van der Waals surface area contributed by atoms with Gasteiger partial charge in [0.05, 0.1) is 0 Å². The van der Waals surface area contributed by atoms with Crippen molar-refractivity contribution in [2.45, 2.75) is 43.9 Å². The Morgan fingerprint density at radius 1 is 0.429 bits per heavy atom. The molecule has 3 aliphatic carbocycles. The van der Waals surface area contributed by atoms with E-state index in [0.29, 0.717) is 17.8 Å². The van der Waals surface area contributed by atoms with Crippen molar-refractivity contribution >= 4 is 0 Å². The van der Waals surface area contributed by atoms with Crippen molar-refractivity contribution < 1.29 is 0 Å². The molecule has 0 amide bonds.